The third-order valence-electron chi connectivity index (χ3n) is 6.92. The van der Waals surface area contributed by atoms with Crippen LogP contribution in [0.15, 0.2) is 29.2 Å². The number of fused-ring (bicyclic) bond motifs is 1. The second kappa shape index (κ2) is 10.2. The first kappa shape index (κ1) is 24.8. The second-order valence-electron chi connectivity index (χ2n) is 9.61. The molecule has 3 aliphatic rings. The minimum Gasteiger partial charge on any atom is -0.455 e. The van der Waals surface area contributed by atoms with Crippen LogP contribution in [-0.2, 0) is 27.1 Å². The molecule has 0 spiro atoms. The van der Waals surface area contributed by atoms with Gasteiger partial charge in [-0.1, -0.05) is 0 Å². The summed E-state index contributed by atoms with van der Waals surface area (Å²) in [6, 6.07) is 6.81. The summed E-state index contributed by atoms with van der Waals surface area (Å²) in [7, 11) is 5.41. The van der Waals surface area contributed by atoms with Gasteiger partial charge < -0.3 is 24.2 Å². The predicted octanol–water partition coefficient (Wildman–Crippen LogP) is 1.85. The molecular formula is C25H32N5O5S+. The van der Waals surface area contributed by atoms with Crippen molar-refractivity contribution >= 4 is 34.8 Å². The minimum absolute atomic E-state index is 0.117. The second-order valence-corrected chi connectivity index (χ2v) is 11.2. The van der Waals surface area contributed by atoms with Gasteiger partial charge in [-0.2, -0.15) is 9.54 Å². The molecular weight excluding hydrogens is 482 g/mol. The maximum Gasteiger partial charge on any atom is 0.338 e. The molecule has 2 fully saturated rings. The summed E-state index contributed by atoms with van der Waals surface area (Å²) < 4.78 is 21.8. The highest BCUT2D eigenvalue weighted by Gasteiger charge is 2.42. The zero-order valence-electron chi connectivity index (χ0n) is 20.8. The summed E-state index contributed by atoms with van der Waals surface area (Å²) in [6.07, 6.45) is 2.32. The molecule has 10 nitrogen and oxygen atoms in total. The lowest BCUT2D eigenvalue weighted by molar-refractivity contribution is 0.0231. The molecule has 2 aromatic rings. The summed E-state index contributed by atoms with van der Waals surface area (Å²) in [6.45, 7) is 2.47. The van der Waals surface area contributed by atoms with Gasteiger partial charge in [0.2, 0.25) is 5.95 Å². The lowest BCUT2D eigenvalue weighted by atomic mass is 10.1. The Balaban J connectivity index is 1.24. The van der Waals surface area contributed by atoms with E-state index in [1.54, 1.807) is 38.4 Å². The number of nitrogens with zero attached hydrogens (tertiary/aromatic N) is 5. The standard InChI is InChI=1S/C25H32N5O5S/c1-28(2)23(31)16-4-6-17(7-5-16)24(32)35-19-14-30(15-19)25-26-20-10-13-36(33)21(20)22(27-25)29(3)18-8-11-34-12-9-18/h4-7,18-19,33H,8-15H2,1-3H3/q+1. The normalized spacial score (nSPS) is 20.0. The van der Waals surface area contributed by atoms with E-state index in [0.717, 1.165) is 48.9 Å². The van der Waals surface area contributed by atoms with E-state index < -0.39 is 17.1 Å². The lowest BCUT2D eigenvalue weighted by Gasteiger charge is -2.39. The number of benzene rings is 1. The molecule has 4 heterocycles. The third-order valence-corrected chi connectivity index (χ3v) is 8.41. The number of amides is 1. The first-order chi connectivity index (χ1) is 17.3. The van der Waals surface area contributed by atoms with Crippen molar-refractivity contribution in [2.45, 2.75) is 36.3 Å². The summed E-state index contributed by atoms with van der Waals surface area (Å²) >= 11 is -0.843. The topological polar surface area (TPSA) is 108 Å². The molecule has 1 aromatic carbocycles. The van der Waals surface area contributed by atoms with E-state index in [1.165, 1.54) is 4.90 Å². The van der Waals surface area contributed by atoms with Gasteiger partial charge in [0.05, 0.1) is 18.7 Å². The molecule has 0 aliphatic carbocycles. The number of hydrogen-bond donors (Lipinski definition) is 1. The minimum atomic E-state index is -0.843. The molecule has 1 amide bonds. The van der Waals surface area contributed by atoms with Crippen molar-refractivity contribution in [1.82, 2.24) is 14.9 Å². The van der Waals surface area contributed by atoms with Gasteiger partial charge >= 0.3 is 5.97 Å². The van der Waals surface area contributed by atoms with Crippen LogP contribution in [0.3, 0.4) is 0 Å². The zero-order valence-corrected chi connectivity index (χ0v) is 21.7. The lowest BCUT2D eigenvalue weighted by Crippen LogP contribution is -2.54. The number of aryl methyl sites for hydroxylation is 1. The van der Waals surface area contributed by atoms with Crippen LogP contribution in [0.5, 0.6) is 0 Å². The van der Waals surface area contributed by atoms with Crippen LogP contribution in [-0.4, -0.2) is 96.6 Å². The smallest absolute Gasteiger partial charge is 0.338 e. The highest BCUT2D eigenvalue weighted by Crippen LogP contribution is 2.36. The van der Waals surface area contributed by atoms with Crippen molar-refractivity contribution in [3.05, 3.63) is 41.1 Å². The van der Waals surface area contributed by atoms with Crippen molar-refractivity contribution < 1.29 is 23.6 Å². The molecule has 11 heteroatoms. The van der Waals surface area contributed by atoms with Gasteiger partial charge in [0.15, 0.2) is 22.7 Å². The quantitative estimate of drug-likeness (QED) is 0.456. The molecule has 3 aliphatic heterocycles. The van der Waals surface area contributed by atoms with Gasteiger partial charge in [-0.15, -0.1) is 0 Å². The van der Waals surface area contributed by atoms with Crippen LogP contribution in [0.25, 0.3) is 0 Å². The summed E-state index contributed by atoms with van der Waals surface area (Å²) in [4.78, 5) is 40.8. The molecule has 0 radical (unpaired) electrons. The predicted molar refractivity (Wildman–Crippen MR) is 137 cm³/mol. The van der Waals surface area contributed by atoms with E-state index >= 15 is 0 Å². The van der Waals surface area contributed by atoms with Crippen molar-refractivity contribution in [3.8, 4) is 0 Å². The Kier molecular flexibility index (Phi) is 7.05. The molecule has 5 rings (SSSR count). The average molecular weight is 515 g/mol. The van der Waals surface area contributed by atoms with Gasteiger partial charge in [-0.05, 0) is 37.1 Å². The van der Waals surface area contributed by atoms with E-state index in [4.69, 9.17) is 19.4 Å². The van der Waals surface area contributed by atoms with E-state index in [9.17, 15) is 14.1 Å². The number of carbonyl (C=O) groups is 2. The highest BCUT2D eigenvalue weighted by molar-refractivity contribution is 7.92. The van der Waals surface area contributed by atoms with Gasteiger partial charge in [-0.3, -0.25) is 4.79 Å². The Bertz CT molecular complexity index is 1130. The fourth-order valence-corrected chi connectivity index (χ4v) is 6.12. The van der Waals surface area contributed by atoms with E-state index in [1.807, 2.05) is 11.9 Å². The van der Waals surface area contributed by atoms with E-state index in [-0.39, 0.29) is 12.0 Å². The summed E-state index contributed by atoms with van der Waals surface area (Å²) in [5.41, 5.74) is 1.84. The average Bonchev–Trinajstić information content (AvgIpc) is 3.25. The Morgan fingerprint density at radius 1 is 1.08 bits per heavy atom. The molecule has 2 saturated heterocycles. The summed E-state index contributed by atoms with van der Waals surface area (Å²) in [5.74, 6) is 1.57. The van der Waals surface area contributed by atoms with Crippen molar-refractivity contribution in [3.63, 3.8) is 0 Å². The largest absolute Gasteiger partial charge is 0.455 e. The third kappa shape index (κ3) is 4.87. The molecule has 192 valence electrons. The van der Waals surface area contributed by atoms with Crippen LogP contribution < -0.4 is 9.80 Å². The SMILES string of the molecule is CN(C)C(=O)c1ccc(C(=O)OC2CN(c3nc4c(c(N(C)C5CCOCC5)n3)[S+](O)CC4)C2)cc1. The molecule has 1 atom stereocenters. The maximum absolute atomic E-state index is 12.6. The van der Waals surface area contributed by atoms with Gasteiger partial charge in [-0.25, -0.2) is 9.78 Å². The van der Waals surface area contributed by atoms with Crippen LogP contribution in [0.2, 0.25) is 0 Å². The number of hydrogen-bond acceptors (Lipinski definition) is 9. The molecule has 1 unspecified atom stereocenters. The molecule has 36 heavy (non-hydrogen) atoms. The monoisotopic (exact) mass is 514 g/mol. The molecule has 1 N–H and O–H groups in total. The van der Waals surface area contributed by atoms with Crippen LogP contribution >= 0.6 is 0 Å². The Morgan fingerprint density at radius 2 is 1.75 bits per heavy atom. The number of carbonyl (C=O) groups excluding carboxylic acids is 2. The number of esters is 1. The van der Waals surface area contributed by atoms with Crippen LogP contribution in [0.4, 0.5) is 11.8 Å². The maximum atomic E-state index is 12.6. The Hall–Kier alpha value is -2.89. The first-order valence-electron chi connectivity index (χ1n) is 12.2. The van der Waals surface area contributed by atoms with Crippen LogP contribution in [0, 0.1) is 0 Å². The van der Waals surface area contributed by atoms with Crippen molar-refractivity contribution in [2.24, 2.45) is 0 Å². The molecule has 1 aromatic heterocycles. The molecule has 0 bridgehead atoms. The summed E-state index contributed by atoms with van der Waals surface area (Å²) in [5, 5.41) is 0. The number of anilines is 2. The Morgan fingerprint density at radius 3 is 2.42 bits per heavy atom. The fourth-order valence-electron chi connectivity index (χ4n) is 4.71. The van der Waals surface area contributed by atoms with Crippen LogP contribution in [0.1, 0.15) is 39.3 Å². The van der Waals surface area contributed by atoms with Crippen molar-refractivity contribution in [1.29, 1.82) is 0 Å². The number of aromatic nitrogens is 2. The Labute approximate surface area is 213 Å². The van der Waals surface area contributed by atoms with Gasteiger partial charge in [0.1, 0.15) is 11.8 Å². The van der Waals surface area contributed by atoms with Gasteiger partial charge in [0.25, 0.3) is 10.8 Å². The highest BCUT2D eigenvalue weighted by atomic mass is 32.2. The molecule has 0 saturated carbocycles. The number of rotatable bonds is 6. The van der Waals surface area contributed by atoms with Gasteiger partial charge in [0, 0.05) is 52.4 Å². The number of ether oxygens (including phenoxy) is 2. The van der Waals surface area contributed by atoms with E-state index in [0.29, 0.717) is 42.0 Å². The van der Waals surface area contributed by atoms with E-state index in [2.05, 4.69) is 4.90 Å². The zero-order chi connectivity index (χ0) is 25.4. The fraction of sp³-hybridized carbons (Fsp3) is 0.520. The first-order valence-corrected chi connectivity index (χ1v) is 13.6. The van der Waals surface area contributed by atoms with Crippen molar-refractivity contribution in [2.75, 3.05) is 63.0 Å².